The maximum Gasteiger partial charge on any atom is 0.394 e. The molecule has 0 spiro atoms. The highest BCUT2D eigenvalue weighted by Crippen LogP contribution is 2.34. The number of rotatable bonds is 5. The van der Waals surface area contributed by atoms with Gasteiger partial charge in [-0.25, -0.2) is 0 Å². The second kappa shape index (κ2) is 8.37. The Morgan fingerprint density at radius 2 is 1.85 bits per heavy atom. The fraction of sp³-hybridized carbons (Fsp3) is 0.611. The summed E-state index contributed by atoms with van der Waals surface area (Å²) >= 11 is 0. The van der Waals surface area contributed by atoms with Crippen LogP contribution in [0.3, 0.4) is 0 Å². The zero-order valence-electron chi connectivity index (χ0n) is 14.5. The topological polar surface area (TPSA) is 44.8 Å². The predicted octanol–water partition coefficient (Wildman–Crippen LogP) is 1.50. The van der Waals surface area contributed by atoms with Gasteiger partial charge in [0.2, 0.25) is 5.91 Å². The van der Waals surface area contributed by atoms with E-state index in [2.05, 4.69) is 5.32 Å². The van der Waals surface area contributed by atoms with E-state index in [1.165, 1.54) is 0 Å². The van der Waals surface area contributed by atoms with Crippen LogP contribution in [0.5, 0.6) is 0 Å². The van der Waals surface area contributed by atoms with Crippen LogP contribution in [0.2, 0.25) is 0 Å². The lowest BCUT2D eigenvalue weighted by Crippen LogP contribution is -2.49. The number of nitrogens with zero attached hydrogens (tertiary/aromatic N) is 2. The minimum absolute atomic E-state index is 0.0538. The molecule has 1 aromatic rings. The van der Waals surface area contributed by atoms with Crippen molar-refractivity contribution in [1.82, 2.24) is 15.1 Å². The fourth-order valence-corrected chi connectivity index (χ4v) is 3.54. The molecule has 26 heavy (non-hydrogen) atoms. The first-order valence-electron chi connectivity index (χ1n) is 8.85. The van der Waals surface area contributed by atoms with Gasteiger partial charge in [0.05, 0.1) is 25.7 Å². The van der Waals surface area contributed by atoms with Gasteiger partial charge in [0, 0.05) is 38.8 Å². The van der Waals surface area contributed by atoms with Crippen molar-refractivity contribution in [2.24, 2.45) is 5.92 Å². The molecule has 144 valence electrons. The van der Waals surface area contributed by atoms with Gasteiger partial charge in [0.25, 0.3) is 0 Å². The average molecular weight is 371 g/mol. The molecule has 0 saturated carbocycles. The minimum Gasteiger partial charge on any atom is -0.378 e. The van der Waals surface area contributed by atoms with Gasteiger partial charge >= 0.3 is 6.18 Å². The predicted molar refractivity (Wildman–Crippen MR) is 90.5 cm³/mol. The van der Waals surface area contributed by atoms with Crippen molar-refractivity contribution < 1.29 is 22.7 Å². The Bertz CT molecular complexity index is 591. The number of carbonyl (C=O) groups is 1. The Labute approximate surface area is 151 Å². The van der Waals surface area contributed by atoms with Crippen LogP contribution >= 0.6 is 0 Å². The van der Waals surface area contributed by atoms with Crippen LogP contribution < -0.4 is 5.32 Å². The molecular weight excluding hydrogens is 347 g/mol. The number of morpholine rings is 1. The number of halogens is 3. The lowest BCUT2D eigenvalue weighted by Gasteiger charge is -2.28. The van der Waals surface area contributed by atoms with Gasteiger partial charge in [-0.3, -0.25) is 9.69 Å². The van der Waals surface area contributed by atoms with Crippen molar-refractivity contribution in [3.8, 4) is 0 Å². The monoisotopic (exact) mass is 371 g/mol. The summed E-state index contributed by atoms with van der Waals surface area (Å²) in [6, 6.07) is 8.68. The summed E-state index contributed by atoms with van der Waals surface area (Å²) in [6.45, 7) is 2.56. The van der Waals surface area contributed by atoms with E-state index in [1.807, 2.05) is 30.3 Å². The van der Waals surface area contributed by atoms with Crippen molar-refractivity contribution >= 4 is 5.91 Å². The summed E-state index contributed by atoms with van der Waals surface area (Å²) in [5, 5.41) is 2.86. The van der Waals surface area contributed by atoms with Crippen molar-refractivity contribution in [1.29, 1.82) is 0 Å². The van der Waals surface area contributed by atoms with E-state index in [1.54, 1.807) is 9.80 Å². The molecule has 0 aromatic heterocycles. The summed E-state index contributed by atoms with van der Waals surface area (Å²) in [7, 11) is 0. The van der Waals surface area contributed by atoms with Crippen molar-refractivity contribution in [2.75, 3.05) is 45.9 Å². The van der Waals surface area contributed by atoms with Gasteiger partial charge in [-0.1, -0.05) is 30.3 Å². The number of nitrogens with one attached hydrogen (secondary N) is 1. The molecule has 2 saturated heterocycles. The molecule has 3 rings (SSSR count). The normalized spacial score (nSPS) is 24.8. The number of hydrogen-bond donors (Lipinski definition) is 1. The second-order valence-electron chi connectivity index (χ2n) is 6.81. The number of ether oxygens (including phenoxy) is 1. The first kappa shape index (κ1) is 19.1. The molecule has 2 aliphatic rings. The van der Waals surface area contributed by atoms with E-state index in [0.29, 0.717) is 32.8 Å². The molecule has 0 aliphatic carbocycles. The smallest absolute Gasteiger partial charge is 0.378 e. The molecule has 0 bridgehead atoms. The highest BCUT2D eigenvalue weighted by molar-refractivity contribution is 5.78. The van der Waals surface area contributed by atoms with Crippen LogP contribution in [-0.2, 0) is 16.1 Å². The molecule has 1 N–H and O–H groups in total. The summed E-state index contributed by atoms with van der Waals surface area (Å²) in [6.07, 6.45) is -4.29. The summed E-state index contributed by atoms with van der Waals surface area (Å²) in [5.41, 5.74) is 0.985. The maximum absolute atomic E-state index is 13.4. The van der Waals surface area contributed by atoms with Gasteiger partial charge in [-0.05, 0) is 5.56 Å². The van der Waals surface area contributed by atoms with Gasteiger partial charge in [-0.15, -0.1) is 0 Å². The Morgan fingerprint density at radius 1 is 1.15 bits per heavy atom. The number of hydrogen-bond acceptors (Lipinski definition) is 4. The first-order valence-corrected chi connectivity index (χ1v) is 8.85. The molecule has 1 aromatic carbocycles. The molecule has 2 heterocycles. The highest BCUT2D eigenvalue weighted by Gasteiger charge is 2.49. The van der Waals surface area contributed by atoms with Crippen molar-refractivity contribution in [2.45, 2.75) is 18.8 Å². The van der Waals surface area contributed by atoms with Crippen LogP contribution in [0.1, 0.15) is 5.56 Å². The van der Waals surface area contributed by atoms with Crippen LogP contribution in [0, 0.1) is 5.92 Å². The second-order valence-corrected chi connectivity index (χ2v) is 6.81. The number of carbonyl (C=O) groups excluding carboxylic acids is 1. The van der Waals surface area contributed by atoms with Crippen LogP contribution in [0.4, 0.5) is 13.2 Å². The lowest BCUT2D eigenvalue weighted by molar-refractivity contribution is -0.175. The quantitative estimate of drug-likeness (QED) is 0.852. The zero-order valence-corrected chi connectivity index (χ0v) is 14.5. The minimum atomic E-state index is -4.29. The van der Waals surface area contributed by atoms with Crippen LogP contribution in [0.15, 0.2) is 30.3 Å². The number of likely N-dealkylation sites (tertiary alicyclic amines) is 1. The third-order valence-electron chi connectivity index (χ3n) is 4.94. The van der Waals surface area contributed by atoms with E-state index in [-0.39, 0.29) is 25.5 Å². The third-order valence-corrected chi connectivity index (χ3v) is 4.94. The van der Waals surface area contributed by atoms with Gasteiger partial charge < -0.3 is 15.0 Å². The van der Waals surface area contributed by atoms with Crippen LogP contribution in [-0.4, -0.2) is 73.9 Å². The van der Waals surface area contributed by atoms with E-state index >= 15 is 0 Å². The van der Waals surface area contributed by atoms with Gasteiger partial charge in [0.15, 0.2) is 0 Å². The SMILES string of the molecule is O=C(CN[C@@H]1CN(Cc2ccccc2)C[C@H]1C(F)(F)F)N1CCOCC1. The molecular formula is C18H24F3N3O2. The summed E-state index contributed by atoms with van der Waals surface area (Å²) in [5.74, 6) is -1.64. The van der Waals surface area contributed by atoms with Crippen molar-refractivity contribution in [3.05, 3.63) is 35.9 Å². The zero-order chi connectivity index (χ0) is 18.6. The summed E-state index contributed by atoms with van der Waals surface area (Å²) in [4.78, 5) is 15.6. The Hall–Kier alpha value is -1.64. The maximum atomic E-state index is 13.4. The first-order chi connectivity index (χ1) is 12.4. The fourth-order valence-electron chi connectivity index (χ4n) is 3.54. The standard InChI is InChI=1S/C18H24F3N3O2/c19-18(20,21)15-12-23(11-14-4-2-1-3-5-14)13-16(15)22-10-17(25)24-6-8-26-9-7-24/h1-5,15-16,22H,6-13H2/t15-,16-/m1/s1. The molecule has 2 aliphatic heterocycles. The van der Waals surface area contributed by atoms with Gasteiger partial charge in [0.1, 0.15) is 0 Å². The van der Waals surface area contributed by atoms with Gasteiger partial charge in [-0.2, -0.15) is 13.2 Å². The van der Waals surface area contributed by atoms with E-state index < -0.39 is 18.1 Å². The molecule has 5 nitrogen and oxygen atoms in total. The molecule has 8 heteroatoms. The molecule has 0 unspecified atom stereocenters. The van der Waals surface area contributed by atoms with E-state index in [0.717, 1.165) is 5.56 Å². The highest BCUT2D eigenvalue weighted by atomic mass is 19.4. The van der Waals surface area contributed by atoms with E-state index in [4.69, 9.17) is 4.74 Å². The molecule has 2 fully saturated rings. The summed E-state index contributed by atoms with van der Waals surface area (Å²) < 4.78 is 45.5. The van der Waals surface area contributed by atoms with Crippen LogP contribution in [0.25, 0.3) is 0 Å². The number of benzene rings is 1. The Kier molecular flexibility index (Phi) is 6.16. The lowest BCUT2D eigenvalue weighted by atomic mass is 10.0. The Balaban J connectivity index is 1.57. The average Bonchev–Trinajstić information content (AvgIpc) is 3.04. The molecule has 1 amide bonds. The number of amides is 1. The van der Waals surface area contributed by atoms with E-state index in [9.17, 15) is 18.0 Å². The largest absolute Gasteiger partial charge is 0.394 e. The van der Waals surface area contributed by atoms with Crippen molar-refractivity contribution in [3.63, 3.8) is 0 Å². The molecule has 2 atom stereocenters. The molecule has 0 radical (unpaired) electrons. The third kappa shape index (κ3) is 4.96. The number of alkyl halides is 3. The Morgan fingerprint density at radius 3 is 2.50 bits per heavy atom.